The summed E-state index contributed by atoms with van der Waals surface area (Å²) in [5.74, 6) is -0.333. The molecular weight excluding hydrogens is 623 g/mol. The van der Waals surface area contributed by atoms with Crippen LogP contribution < -0.4 is 4.74 Å². The van der Waals surface area contributed by atoms with Gasteiger partial charge in [-0.3, -0.25) is 14.9 Å². The molecule has 4 heterocycles. The fraction of sp³-hybridized carbons (Fsp3) is 0.367. The summed E-state index contributed by atoms with van der Waals surface area (Å²) < 4.78 is 54.1. The van der Waals surface area contributed by atoms with Crippen LogP contribution in [-0.2, 0) is 28.8 Å². The number of carbonyl (C=O) groups is 1. The number of halogens is 3. The number of methoxy groups -OCH3 is 1. The van der Waals surface area contributed by atoms with Gasteiger partial charge < -0.3 is 14.0 Å². The van der Waals surface area contributed by atoms with Crippen LogP contribution in [-0.4, -0.2) is 62.9 Å². The topological polar surface area (TPSA) is 166 Å². The number of esters is 1. The highest BCUT2D eigenvalue weighted by Gasteiger charge is 2.36. The number of nitro groups is 1. The van der Waals surface area contributed by atoms with Crippen molar-refractivity contribution in [2.75, 3.05) is 7.11 Å². The van der Waals surface area contributed by atoms with Crippen molar-refractivity contribution >= 4 is 22.7 Å². The van der Waals surface area contributed by atoms with Gasteiger partial charge in [-0.15, -0.1) is 0 Å². The van der Waals surface area contributed by atoms with E-state index in [4.69, 9.17) is 14.5 Å². The Morgan fingerprint density at radius 2 is 1.87 bits per heavy atom. The first-order valence-corrected chi connectivity index (χ1v) is 14.4. The molecule has 0 N–H and O–H groups in total. The third kappa shape index (κ3) is 6.59. The number of benzene rings is 1. The Balaban J connectivity index is 1.37. The predicted molar refractivity (Wildman–Crippen MR) is 159 cm³/mol. The summed E-state index contributed by atoms with van der Waals surface area (Å²) in [6.07, 6.45) is 2.30. The van der Waals surface area contributed by atoms with Crippen molar-refractivity contribution < 1.29 is 32.4 Å². The van der Waals surface area contributed by atoms with Gasteiger partial charge in [-0.1, -0.05) is 6.07 Å². The van der Waals surface area contributed by atoms with Crippen molar-refractivity contribution in [2.24, 2.45) is 0 Å². The fourth-order valence-electron chi connectivity index (χ4n) is 5.11. The summed E-state index contributed by atoms with van der Waals surface area (Å²) in [5.41, 5.74) is -0.738. The minimum atomic E-state index is -4.86. The van der Waals surface area contributed by atoms with E-state index in [0.717, 1.165) is 23.1 Å². The maximum absolute atomic E-state index is 13.7. The molecule has 0 unspecified atom stereocenters. The maximum Gasteiger partial charge on any atom is 0.434 e. The average molecular weight is 652 g/mol. The molecule has 0 atom stereocenters. The van der Waals surface area contributed by atoms with E-state index in [-0.39, 0.29) is 18.0 Å². The van der Waals surface area contributed by atoms with Crippen molar-refractivity contribution in [3.8, 4) is 28.7 Å². The molecule has 0 bridgehead atoms. The molecule has 5 aromatic rings. The molecule has 6 rings (SSSR count). The van der Waals surface area contributed by atoms with Crippen LogP contribution in [0.25, 0.3) is 33.8 Å². The van der Waals surface area contributed by atoms with Gasteiger partial charge in [0.25, 0.3) is 5.69 Å². The van der Waals surface area contributed by atoms with Crippen LogP contribution in [0.5, 0.6) is 5.88 Å². The van der Waals surface area contributed by atoms with Gasteiger partial charge in [-0.2, -0.15) is 18.3 Å². The van der Waals surface area contributed by atoms with Crippen molar-refractivity contribution in [1.82, 2.24) is 39.3 Å². The summed E-state index contributed by atoms with van der Waals surface area (Å²) >= 11 is 0. The number of hydrogen-bond acceptors (Lipinski definition) is 11. The van der Waals surface area contributed by atoms with Crippen LogP contribution in [0, 0.1) is 10.1 Å². The minimum absolute atomic E-state index is 0.0269. The van der Waals surface area contributed by atoms with E-state index in [0.29, 0.717) is 40.1 Å². The lowest BCUT2D eigenvalue weighted by Gasteiger charge is -2.20. The van der Waals surface area contributed by atoms with Crippen LogP contribution in [0.15, 0.2) is 43.1 Å². The first-order chi connectivity index (χ1) is 22.2. The molecule has 14 nitrogen and oxygen atoms in total. The molecule has 0 radical (unpaired) electrons. The lowest BCUT2D eigenvalue weighted by Crippen LogP contribution is -2.26. The van der Waals surface area contributed by atoms with E-state index in [9.17, 15) is 28.1 Å². The molecule has 17 heteroatoms. The Bertz CT molecular complexity index is 2010. The summed E-state index contributed by atoms with van der Waals surface area (Å²) in [6.45, 7) is 4.21. The molecule has 0 saturated heterocycles. The van der Waals surface area contributed by atoms with Crippen LogP contribution in [0.2, 0.25) is 0 Å². The summed E-state index contributed by atoms with van der Waals surface area (Å²) in [4.78, 5) is 45.5. The van der Waals surface area contributed by atoms with Gasteiger partial charge in [0.05, 0.1) is 41.4 Å². The number of alkyl halides is 3. The van der Waals surface area contributed by atoms with Gasteiger partial charge in [-0.05, 0) is 45.2 Å². The van der Waals surface area contributed by atoms with Crippen LogP contribution in [0.3, 0.4) is 0 Å². The molecule has 0 spiro atoms. The molecule has 47 heavy (non-hydrogen) atoms. The lowest BCUT2D eigenvalue weighted by atomic mass is 10.1. The van der Waals surface area contributed by atoms with Crippen molar-refractivity contribution in [3.05, 3.63) is 70.2 Å². The van der Waals surface area contributed by atoms with E-state index >= 15 is 0 Å². The minimum Gasteiger partial charge on any atom is -0.480 e. The van der Waals surface area contributed by atoms with E-state index in [2.05, 4.69) is 25.0 Å². The van der Waals surface area contributed by atoms with Gasteiger partial charge in [-0.25, -0.2) is 29.6 Å². The highest BCUT2D eigenvalue weighted by molar-refractivity contribution is 5.78. The predicted octanol–water partition coefficient (Wildman–Crippen LogP) is 5.35. The zero-order valence-corrected chi connectivity index (χ0v) is 25.6. The molecule has 1 aromatic carbocycles. The second kappa shape index (κ2) is 11.7. The maximum atomic E-state index is 13.7. The third-order valence-corrected chi connectivity index (χ3v) is 7.22. The van der Waals surface area contributed by atoms with Gasteiger partial charge in [0.2, 0.25) is 5.88 Å². The molecule has 1 aliphatic rings. The SMILES string of the molecule is COc1ncnc(C2CC2)c1-c1ncc2cnn(Cc3ccc(-c4nc(C(F)(F)F)cn4CC(=O)OC(C)(C)C)c([N+](=O)[O-])c3)c2n1. The van der Waals surface area contributed by atoms with E-state index in [1.54, 1.807) is 33.2 Å². The molecule has 244 valence electrons. The molecule has 4 aromatic heterocycles. The monoisotopic (exact) mass is 651 g/mol. The normalized spacial score (nSPS) is 13.6. The standard InChI is InChI=1S/C30H28F3N9O5/c1-29(2,3)47-22(43)14-40-13-21(30(31,32)33)38-27(40)19-8-5-16(9-20(19)42(44)45)12-41-26-18(11-37-41)10-34-25(39-26)23-24(17-6-7-17)35-15-36-28(23)46-4/h5,8-11,13,15,17H,6-7,12,14H2,1-4H3. The summed E-state index contributed by atoms with van der Waals surface area (Å²) in [5, 5.41) is 17.2. The van der Waals surface area contributed by atoms with Gasteiger partial charge in [0.15, 0.2) is 17.2 Å². The molecule has 1 fully saturated rings. The van der Waals surface area contributed by atoms with Gasteiger partial charge >= 0.3 is 12.1 Å². The molecule has 1 saturated carbocycles. The third-order valence-electron chi connectivity index (χ3n) is 7.22. The van der Waals surface area contributed by atoms with E-state index in [1.807, 2.05) is 0 Å². The van der Waals surface area contributed by atoms with Crippen molar-refractivity contribution in [3.63, 3.8) is 0 Å². The number of aromatic nitrogens is 8. The largest absolute Gasteiger partial charge is 0.480 e. The van der Waals surface area contributed by atoms with Crippen LogP contribution in [0.1, 0.15) is 56.5 Å². The molecule has 0 amide bonds. The highest BCUT2D eigenvalue weighted by atomic mass is 19.4. The van der Waals surface area contributed by atoms with Crippen molar-refractivity contribution in [1.29, 1.82) is 0 Å². The van der Waals surface area contributed by atoms with E-state index < -0.39 is 46.4 Å². The highest BCUT2D eigenvalue weighted by Crippen LogP contribution is 2.45. The number of nitrogens with zero attached hydrogens (tertiary/aromatic N) is 9. The second-order valence-corrected chi connectivity index (χ2v) is 12.0. The zero-order valence-electron chi connectivity index (χ0n) is 25.6. The number of rotatable bonds is 9. The Labute approximate surface area is 264 Å². The Kier molecular flexibility index (Phi) is 7.85. The van der Waals surface area contributed by atoms with E-state index in [1.165, 1.54) is 36.3 Å². The quantitative estimate of drug-likeness (QED) is 0.115. The number of ether oxygens (including phenoxy) is 2. The van der Waals surface area contributed by atoms with Gasteiger partial charge in [0, 0.05) is 24.4 Å². The van der Waals surface area contributed by atoms with Crippen LogP contribution in [0.4, 0.5) is 18.9 Å². The summed E-state index contributed by atoms with van der Waals surface area (Å²) in [6, 6.07) is 4.03. The fourth-order valence-corrected chi connectivity index (χ4v) is 5.11. The Morgan fingerprint density at radius 1 is 1.11 bits per heavy atom. The lowest BCUT2D eigenvalue weighted by molar-refractivity contribution is -0.384. The number of nitro benzene ring substituents is 1. The van der Waals surface area contributed by atoms with Crippen LogP contribution >= 0.6 is 0 Å². The molecule has 0 aliphatic heterocycles. The second-order valence-electron chi connectivity index (χ2n) is 12.0. The van der Waals surface area contributed by atoms with Gasteiger partial charge in [0.1, 0.15) is 29.9 Å². The average Bonchev–Trinajstić information content (AvgIpc) is 3.65. The number of imidazole rings is 1. The first kappa shape index (κ1) is 31.5. The zero-order chi connectivity index (χ0) is 33.7. The smallest absolute Gasteiger partial charge is 0.434 e. The summed E-state index contributed by atoms with van der Waals surface area (Å²) in [7, 11) is 1.50. The number of hydrogen-bond donors (Lipinski definition) is 0. The number of fused-ring (bicyclic) bond motifs is 1. The Morgan fingerprint density at radius 3 is 2.53 bits per heavy atom. The molecular formula is C30H28F3N9O5. The molecule has 1 aliphatic carbocycles. The number of carbonyl (C=O) groups excluding carboxylic acids is 1. The van der Waals surface area contributed by atoms with Crippen molar-refractivity contribution in [2.45, 2.75) is 64.4 Å². The Hall–Kier alpha value is -5.48. The first-order valence-electron chi connectivity index (χ1n) is 14.4.